The van der Waals surface area contributed by atoms with Crippen molar-refractivity contribution in [3.05, 3.63) is 0 Å². The molecule has 1 aliphatic carbocycles. The number of nitrogens with one attached hydrogen (secondary N) is 2. The number of hydrogen-bond acceptors (Lipinski definition) is 1. The summed E-state index contributed by atoms with van der Waals surface area (Å²) in [6.07, 6.45) is 5.35. The molecule has 3 nitrogen and oxygen atoms in total. The van der Waals surface area contributed by atoms with Crippen LogP contribution in [0.1, 0.15) is 25.7 Å². The zero-order valence-corrected chi connectivity index (χ0v) is 10.4. The Morgan fingerprint density at radius 1 is 1.27 bits per heavy atom. The van der Waals surface area contributed by atoms with Gasteiger partial charge in [0.15, 0.2) is 5.11 Å². The number of nitrogens with zero attached hydrogens (tertiary/aromatic N) is 1. The molecule has 0 aromatic heterocycles. The maximum atomic E-state index is 5.45. The van der Waals surface area contributed by atoms with Gasteiger partial charge in [-0.15, -0.1) is 0 Å². The van der Waals surface area contributed by atoms with Crippen LogP contribution in [-0.2, 0) is 0 Å². The van der Waals surface area contributed by atoms with Crippen molar-refractivity contribution in [2.45, 2.75) is 31.7 Å². The Morgan fingerprint density at radius 2 is 1.87 bits per heavy atom. The summed E-state index contributed by atoms with van der Waals surface area (Å²) >= 11 is 5.45. The second kappa shape index (κ2) is 5.12. The van der Waals surface area contributed by atoms with Gasteiger partial charge in [-0.3, -0.25) is 0 Å². The first-order valence-electron chi connectivity index (χ1n) is 6.12. The lowest BCUT2D eigenvalue weighted by Crippen LogP contribution is -3.12. The van der Waals surface area contributed by atoms with Crippen LogP contribution in [0.4, 0.5) is 0 Å². The lowest BCUT2D eigenvalue weighted by molar-refractivity contribution is -0.883. The van der Waals surface area contributed by atoms with Crippen LogP contribution in [0.3, 0.4) is 0 Å². The molecule has 2 fully saturated rings. The number of hydrogen-bond donors (Lipinski definition) is 2. The molecule has 0 unspecified atom stereocenters. The van der Waals surface area contributed by atoms with Crippen molar-refractivity contribution in [1.82, 2.24) is 10.2 Å². The zero-order chi connectivity index (χ0) is 10.7. The van der Waals surface area contributed by atoms with Crippen molar-refractivity contribution in [2.24, 2.45) is 0 Å². The van der Waals surface area contributed by atoms with Gasteiger partial charge in [0.2, 0.25) is 0 Å². The van der Waals surface area contributed by atoms with Gasteiger partial charge in [0, 0.05) is 6.04 Å². The maximum Gasteiger partial charge on any atom is 0.169 e. The predicted octanol–water partition coefficient (Wildman–Crippen LogP) is -0.366. The van der Waals surface area contributed by atoms with Crippen LogP contribution >= 0.6 is 12.2 Å². The van der Waals surface area contributed by atoms with Crippen LogP contribution in [0.25, 0.3) is 0 Å². The fraction of sp³-hybridized carbons (Fsp3) is 0.909. The van der Waals surface area contributed by atoms with E-state index >= 15 is 0 Å². The fourth-order valence-corrected chi connectivity index (χ4v) is 2.78. The largest absolute Gasteiger partial charge is 0.360 e. The molecule has 1 saturated carbocycles. The fourth-order valence-electron chi connectivity index (χ4n) is 2.43. The highest BCUT2D eigenvalue weighted by molar-refractivity contribution is 7.80. The van der Waals surface area contributed by atoms with Crippen molar-refractivity contribution in [3.8, 4) is 0 Å². The van der Waals surface area contributed by atoms with Crippen LogP contribution in [0.2, 0.25) is 0 Å². The van der Waals surface area contributed by atoms with Crippen molar-refractivity contribution in [3.63, 3.8) is 0 Å². The molecular formula is C11H22N3S+. The second-order valence-electron chi connectivity index (χ2n) is 4.88. The van der Waals surface area contributed by atoms with Gasteiger partial charge in [-0.25, -0.2) is 0 Å². The molecule has 0 aromatic rings. The van der Waals surface area contributed by atoms with Crippen LogP contribution < -0.4 is 10.2 Å². The molecule has 15 heavy (non-hydrogen) atoms. The van der Waals surface area contributed by atoms with E-state index in [0.717, 1.165) is 18.2 Å². The third kappa shape index (κ3) is 3.05. The molecule has 2 N–H and O–H groups in total. The molecule has 0 aromatic carbocycles. The summed E-state index contributed by atoms with van der Waals surface area (Å²) in [6.45, 7) is 4.66. The van der Waals surface area contributed by atoms with Gasteiger partial charge in [-0.1, -0.05) is 12.8 Å². The highest BCUT2D eigenvalue weighted by atomic mass is 32.1. The van der Waals surface area contributed by atoms with E-state index in [-0.39, 0.29) is 0 Å². The van der Waals surface area contributed by atoms with E-state index in [2.05, 4.69) is 17.3 Å². The Bertz CT molecular complexity index is 218. The summed E-state index contributed by atoms with van der Waals surface area (Å²) in [5.74, 6) is 0. The normalized spacial score (nSPS) is 24.5. The Morgan fingerprint density at radius 3 is 2.47 bits per heavy atom. The van der Waals surface area contributed by atoms with Gasteiger partial charge in [0.25, 0.3) is 0 Å². The summed E-state index contributed by atoms with van der Waals surface area (Å²) in [5.41, 5.74) is 0. The van der Waals surface area contributed by atoms with E-state index in [9.17, 15) is 0 Å². The molecule has 0 radical (unpaired) electrons. The monoisotopic (exact) mass is 228 g/mol. The number of thiocarbonyl (C=S) groups is 1. The molecule has 0 atom stereocenters. The summed E-state index contributed by atoms with van der Waals surface area (Å²) in [5, 5.41) is 4.51. The lowest BCUT2D eigenvalue weighted by Gasteiger charge is -2.33. The minimum absolute atomic E-state index is 0.657. The highest BCUT2D eigenvalue weighted by Crippen LogP contribution is 2.17. The standard InChI is InChI=1S/C11H21N3S/c1-13-6-8-14(9-7-13)11(15)12-10-4-2-3-5-10/h10H,2-9H2,1H3,(H,12,15)/p+1. The average molecular weight is 228 g/mol. The molecule has 1 heterocycles. The van der Waals surface area contributed by atoms with E-state index in [4.69, 9.17) is 12.2 Å². The highest BCUT2D eigenvalue weighted by Gasteiger charge is 2.22. The summed E-state index contributed by atoms with van der Waals surface area (Å²) in [7, 11) is 2.25. The van der Waals surface area contributed by atoms with E-state index in [0.29, 0.717) is 6.04 Å². The topological polar surface area (TPSA) is 19.7 Å². The summed E-state index contributed by atoms with van der Waals surface area (Å²) in [4.78, 5) is 3.95. The predicted molar refractivity (Wildman–Crippen MR) is 66.2 cm³/mol. The van der Waals surface area contributed by atoms with Crippen LogP contribution in [-0.4, -0.2) is 49.3 Å². The van der Waals surface area contributed by atoms with Gasteiger partial charge in [0.05, 0.1) is 33.2 Å². The first kappa shape index (κ1) is 11.1. The number of rotatable bonds is 1. The Labute approximate surface area is 97.8 Å². The quantitative estimate of drug-likeness (QED) is 0.598. The smallest absolute Gasteiger partial charge is 0.169 e. The molecule has 86 valence electrons. The average Bonchev–Trinajstić information content (AvgIpc) is 2.71. The Balaban J connectivity index is 1.75. The SMILES string of the molecule is C[NH+]1CCN(C(=S)NC2CCCC2)CC1. The molecule has 1 saturated heterocycles. The third-order valence-electron chi connectivity index (χ3n) is 3.59. The van der Waals surface area contributed by atoms with Gasteiger partial charge >= 0.3 is 0 Å². The van der Waals surface area contributed by atoms with Gasteiger partial charge < -0.3 is 15.1 Å². The lowest BCUT2D eigenvalue weighted by atomic mass is 10.2. The maximum absolute atomic E-state index is 5.45. The number of piperazine rings is 1. The van der Waals surface area contributed by atoms with Crippen molar-refractivity contribution in [2.75, 3.05) is 33.2 Å². The van der Waals surface area contributed by atoms with Crippen molar-refractivity contribution in [1.29, 1.82) is 0 Å². The minimum Gasteiger partial charge on any atom is -0.360 e. The van der Waals surface area contributed by atoms with Gasteiger partial charge in [-0.2, -0.15) is 0 Å². The van der Waals surface area contributed by atoms with Crippen molar-refractivity contribution < 1.29 is 4.90 Å². The minimum atomic E-state index is 0.657. The number of quaternary nitrogens is 1. The van der Waals surface area contributed by atoms with Crippen LogP contribution in [0, 0.1) is 0 Å². The molecular weight excluding hydrogens is 206 g/mol. The van der Waals surface area contributed by atoms with Gasteiger partial charge in [-0.05, 0) is 25.1 Å². The zero-order valence-electron chi connectivity index (χ0n) is 9.59. The molecule has 0 spiro atoms. The molecule has 2 aliphatic rings. The van der Waals surface area contributed by atoms with Crippen molar-refractivity contribution >= 4 is 17.3 Å². The summed E-state index contributed by atoms with van der Waals surface area (Å²) in [6, 6.07) is 0.657. The second-order valence-corrected chi connectivity index (χ2v) is 5.26. The summed E-state index contributed by atoms with van der Waals surface area (Å²) < 4.78 is 0. The number of likely N-dealkylation sites (N-methyl/N-ethyl adjacent to an activating group) is 1. The molecule has 2 rings (SSSR count). The molecule has 0 bridgehead atoms. The molecule has 1 aliphatic heterocycles. The van der Waals surface area contributed by atoms with E-state index in [1.54, 1.807) is 4.90 Å². The van der Waals surface area contributed by atoms with E-state index < -0.39 is 0 Å². The molecule has 0 amide bonds. The first-order chi connectivity index (χ1) is 7.25. The van der Waals surface area contributed by atoms with E-state index in [1.165, 1.54) is 38.8 Å². The van der Waals surface area contributed by atoms with Crippen LogP contribution in [0.15, 0.2) is 0 Å². The van der Waals surface area contributed by atoms with Gasteiger partial charge in [0.1, 0.15) is 0 Å². The van der Waals surface area contributed by atoms with Crippen LogP contribution in [0.5, 0.6) is 0 Å². The Hall–Kier alpha value is -0.350. The van der Waals surface area contributed by atoms with E-state index in [1.807, 2.05) is 0 Å². The first-order valence-corrected chi connectivity index (χ1v) is 6.53. The molecule has 4 heteroatoms. The Kier molecular flexibility index (Phi) is 3.81. The third-order valence-corrected chi connectivity index (χ3v) is 3.96.